The number of ether oxygens (including phenoxy) is 3. The van der Waals surface area contributed by atoms with E-state index in [1.54, 1.807) is 30.3 Å². The number of fused-ring (bicyclic) bond motifs is 1. The number of hydrogen-bond donors (Lipinski definition) is 2. The number of aliphatic hydroxyl groups is 1. The number of carbonyl (C=O) groups excluding carboxylic acids is 2. The molecule has 1 fully saturated rings. The summed E-state index contributed by atoms with van der Waals surface area (Å²) in [6, 6.07) is 10.2. The van der Waals surface area contributed by atoms with Crippen molar-refractivity contribution in [3.8, 4) is 17.2 Å². The summed E-state index contributed by atoms with van der Waals surface area (Å²) < 4.78 is 16.1. The first-order valence-corrected chi connectivity index (χ1v) is 9.47. The molecule has 2 aromatic rings. The fraction of sp³-hybridized carbons (Fsp3) is 0.273. The molecule has 2 aliphatic rings. The van der Waals surface area contributed by atoms with Crippen molar-refractivity contribution in [2.75, 3.05) is 33.5 Å². The van der Waals surface area contributed by atoms with Crippen LogP contribution in [0.25, 0.3) is 5.76 Å². The summed E-state index contributed by atoms with van der Waals surface area (Å²) in [5.41, 5.74) is 0.775. The van der Waals surface area contributed by atoms with Gasteiger partial charge in [0, 0.05) is 19.2 Å². The van der Waals surface area contributed by atoms with Crippen LogP contribution in [0.4, 0.5) is 0 Å². The van der Waals surface area contributed by atoms with Crippen molar-refractivity contribution >= 4 is 17.4 Å². The molecule has 2 aromatic carbocycles. The van der Waals surface area contributed by atoms with Gasteiger partial charge in [-0.3, -0.25) is 9.59 Å². The molecule has 1 saturated heterocycles. The second kappa shape index (κ2) is 8.08. The standard InChI is InChI=1S/C22H21NO7/c1-28-8-7-23-19(13-3-2-4-15(24)11-13)18(21(26)22(23)27)20(25)14-5-6-16-17(12-14)30-10-9-29-16/h2-6,11-12,19,24-25H,7-10H2,1H3/b20-18+/t19-/m1/s1. The van der Waals surface area contributed by atoms with Crippen molar-refractivity contribution in [3.63, 3.8) is 0 Å². The number of aliphatic hydroxyl groups excluding tert-OH is 1. The van der Waals surface area contributed by atoms with Gasteiger partial charge < -0.3 is 29.3 Å². The SMILES string of the molecule is COCCN1C(=O)C(=O)/C(=C(/O)c2ccc3c(c2)OCCO3)[C@H]1c1cccc(O)c1. The third kappa shape index (κ3) is 3.46. The highest BCUT2D eigenvalue weighted by molar-refractivity contribution is 6.46. The van der Waals surface area contributed by atoms with Gasteiger partial charge in [-0.05, 0) is 35.9 Å². The van der Waals surface area contributed by atoms with Crippen molar-refractivity contribution in [2.24, 2.45) is 0 Å². The van der Waals surface area contributed by atoms with Gasteiger partial charge in [0.25, 0.3) is 11.7 Å². The Kier molecular flexibility index (Phi) is 5.33. The van der Waals surface area contributed by atoms with Gasteiger partial charge in [-0.2, -0.15) is 0 Å². The largest absolute Gasteiger partial charge is 0.508 e. The Balaban J connectivity index is 1.84. The van der Waals surface area contributed by atoms with Crippen LogP contribution >= 0.6 is 0 Å². The lowest BCUT2D eigenvalue weighted by Gasteiger charge is -2.25. The minimum absolute atomic E-state index is 0.0100. The summed E-state index contributed by atoms with van der Waals surface area (Å²) in [4.78, 5) is 26.9. The van der Waals surface area contributed by atoms with E-state index in [1.165, 1.54) is 24.1 Å². The van der Waals surface area contributed by atoms with Crippen LogP contribution < -0.4 is 9.47 Å². The molecule has 2 heterocycles. The van der Waals surface area contributed by atoms with E-state index < -0.39 is 17.7 Å². The number of amides is 1. The van der Waals surface area contributed by atoms with Crippen LogP contribution in [0.2, 0.25) is 0 Å². The third-order valence-electron chi connectivity index (χ3n) is 5.08. The van der Waals surface area contributed by atoms with Gasteiger partial charge in [-0.25, -0.2) is 0 Å². The number of aromatic hydroxyl groups is 1. The normalized spacial score (nSPS) is 19.9. The molecule has 2 N–H and O–H groups in total. The molecule has 0 spiro atoms. The van der Waals surface area contributed by atoms with E-state index in [9.17, 15) is 19.8 Å². The molecule has 1 amide bonds. The predicted octanol–water partition coefficient (Wildman–Crippen LogP) is 2.23. The minimum atomic E-state index is -0.861. The minimum Gasteiger partial charge on any atom is -0.508 e. The quantitative estimate of drug-likeness (QED) is 0.442. The molecular weight excluding hydrogens is 390 g/mol. The lowest BCUT2D eigenvalue weighted by atomic mass is 9.95. The molecule has 0 bridgehead atoms. The summed E-state index contributed by atoms with van der Waals surface area (Å²) >= 11 is 0. The number of methoxy groups -OCH3 is 1. The predicted molar refractivity (Wildman–Crippen MR) is 106 cm³/mol. The Morgan fingerprint density at radius 1 is 1.13 bits per heavy atom. The smallest absolute Gasteiger partial charge is 0.295 e. The van der Waals surface area contributed by atoms with Crippen molar-refractivity contribution in [2.45, 2.75) is 6.04 Å². The second-order valence-corrected chi connectivity index (χ2v) is 6.94. The number of benzene rings is 2. The van der Waals surface area contributed by atoms with Gasteiger partial charge in [-0.15, -0.1) is 0 Å². The molecule has 156 valence electrons. The summed E-state index contributed by atoms with van der Waals surface area (Å²) in [6.07, 6.45) is 0. The number of hydrogen-bond acceptors (Lipinski definition) is 7. The topological polar surface area (TPSA) is 106 Å². The molecule has 0 radical (unpaired) electrons. The molecule has 2 aliphatic heterocycles. The Hall–Kier alpha value is -3.52. The Morgan fingerprint density at radius 2 is 1.90 bits per heavy atom. The first kappa shape index (κ1) is 19.8. The zero-order valence-electron chi connectivity index (χ0n) is 16.3. The first-order chi connectivity index (χ1) is 14.5. The van der Waals surface area contributed by atoms with Gasteiger partial charge in [0.2, 0.25) is 0 Å². The monoisotopic (exact) mass is 411 g/mol. The molecule has 0 saturated carbocycles. The molecule has 1 atom stereocenters. The number of carbonyl (C=O) groups is 2. The van der Waals surface area contributed by atoms with Crippen molar-refractivity contribution < 1.29 is 34.0 Å². The van der Waals surface area contributed by atoms with Gasteiger partial charge in [0.15, 0.2) is 11.5 Å². The number of likely N-dealkylation sites (tertiary alicyclic amines) is 1. The highest BCUT2D eigenvalue weighted by atomic mass is 16.6. The average molecular weight is 411 g/mol. The van der Waals surface area contributed by atoms with E-state index in [2.05, 4.69) is 0 Å². The van der Waals surface area contributed by atoms with E-state index in [0.29, 0.717) is 35.8 Å². The van der Waals surface area contributed by atoms with Crippen LogP contribution in [0.3, 0.4) is 0 Å². The Morgan fingerprint density at radius 3 is 2.63 bits per heavy atom. The van der Waals surface area contributed by atoms with Crippen LogP contribution in [0.1, 0.15) is 17.2 Å². The lowest BCUT2D eigenvalue weighted by molar-refractivity contribution is -0.140. The fourth-order valence-electron chi connectivity index (χ4n) is 3.69. The van der Waals surface area contributed by atoms with Crippen LogP contribution in [0, 0.1) is 0 Å². The average Bonchev–Trinajstić information content (AvgIpc) is 3.01. The number of ketones is 1. The van der Waals surface area contributed by atoms with Gasteiger partial charge in [-0.1, -0.05) is 12.1 Å². The molecular formula is C22H21NO7. The fourth-order valence-corrected chi connectivity index (χ4v) is 3.69. The maximum absolute atomic E-state index is 12.9. The highest BCUT2D eigenvalue weighted by Gasteiger charge is 2.46. The van der Waals surface area contributed by atoms with Crippen molar-refractivity contribution in [1.29, 1.82) is 0 Å². The van der Waals surface area contributed by atoms with E-state index in [4.69, 9.17) is 14.2 Å². The zero-order valence-corrected chi connectivity index (χ0v) is 16.3. The van der Waals surface area contributed by atoms with Crippen LogP contribution in [0.15, 0.2) is 48.0 Å². The summed E-state index contributed by atoms with van der Waals surface area (Å²) in [5.74, 6) is -0.871. The molecule has 8 nitrogen and oxygen atoms in total. The zero-order chi connectivity index (χ0) is 21.3. The molecule has 30 heavy (non-hydrogen) atoms. The number of Topliss-reactive ketones (excluding diaryl/α,β-unsaturated/α-hetero) is 1. The third-order valence-corrected chi connectivity index (χ3v) is 5.08. The van der Waals surface area contributed by atoms with Crippen LogP contribution in [-0.4, -0.2) is 60.3 Å². The van der Waals surface area contributed by atoms with Crippen LogP contribution in [-0.2, 0) is 14.3 Å². The summed E-state index contributed by atoms with van der Waals surface area (Å²) in [7, 11) is 1.50. The van der Waals surface area contributed by atoms with Crippen molar-refractivity contribution in [3.05, 3.63) is 59.2 Å². The van der Waals surface area contributed by atoms with Crippen molar-refractivity contribution in [1.82, 2.24) is 4.90 Å². The highest BCUT2D eigenvalue weighted by Crippen LogP contribution is 2.41. The molecule has 8 heteroatoms. The summed E-state index contributed by atoms with van der Waals surface area (Å²) in [6.45, 7) is 1.17. The molecule has 0 aromatic heterocycles. The number of phenolic OH excluding ortho intramolecular Hbond substituents is 1. The van der Waals surface area contributed by atoms with Gasteiger partial charge >= 0.3 is 0 Å². The number of phenols is 1. The van der Waals surface area contributed by atoms with E-state index in [0.717, 1.165) is 0 Å². The maximum atomic E-state index is 12.9. The maximum Gasteiger partial charge on any atom is 0.295 e. The summed E-state index contributed by atoms with van der Waals surface area (Å²) in [5, 5.41) is 21.0. The number of nitrogens with zero attached hydrogens (tertiary/aromatic N) is 1. The molecule has 0 unspecified atom stereocenters. The molecule has 0 aliphatic carbocycles. The van der Waals surface area contributed by atoms with E-state index in [-0.39, 0.29) is 30.2 Å². The lowest BCUT2D eigenvalue weighted by Crippen LogP contribution is -2.32. The van der Waals surface area contributed by atoms with Gasteiger partial charge in [0.05, 0.1) is 18.2 Å². The Labute approximate surface area is 172 Å². The van der Waals surface area contributed by atoms with E-state index >= 15 is 0 Å². The Bertz CT molecular complexity index is 1030. The van der Waals surface area contributed by atoms with Gasteiger partial charge in [0.1, 0.15) is 24.7 Å². The molecule has 4 rings (SSSR count). The van der Waals surface area contributed by atoms with E-state index in [1.807, 2.05) is 0 Å². The second-order valence-electron chi connectivity index (χ2n) is 6.94. The first-order valence-electron chi connectivity index (χ1n) is 9.47. The van der Waals surface area contributed by atoms with Crippen LogP contribution in [0.5, 0.6) is 17.2 Å². The number of rotatable bonds is 5.